The molecule has 2 aromatic carbocycles. The molecule has 0 radical (unpaired) electrons. The summed E-state index contributed by atoms with van der Waals surface area (Å²) in [7, 11) is 0. The molecule has 0 aliphatic rings. The van der Waals surface area contributed by atoms with E-state index >= 15 is 0 Å². The second-order valence-electron chi connectivity index (χ2n) is 6.15. The lowest BCUT2D eigenvalue weighted by Crippen LogP contribution is -2.26. The number of hydrogen-bond acceptors (Lipinski definition) is 4. The highest BCUT2D eigenvalue weighted by Gasteiger charge is 2.16. The molecule has 1 heterocycles. The van der Waals surface area contributed by atoms with Crippen LogP contribution in [0.3, 0.4) is 0 Å². The van der Waals surface area contributed by atoms with Crippen molar-refractivity contribution >= 4 is 28.6 Å². The number of nitrogens with one attached hydrogen (secondary N) is 1. The number of hydrogen-bond donors (Lipinski definition) is 1. The Morgan fingerprint density at radius 1 is 1.22 bits per heavy atom. The van der Waals surface area contributed by atoms with Gasteiger partial charge < -0.3 is 5.32 Å². The molecule has 27 heavy (non-hydrogen) atoms. The van der Waals surface area contributed by atoms with Gasteiger partial charge >= 0.3 is 0 Å². The summed E-state index contributed by atoms with van der Waals surface area (Å²) >= 11 is 1.25. The molecule has 138 valence electrons. The predicted octanol–water partition coefficient (Wildman–Crippen LogP) is 3.40. The van der Waals surface area contributed by atoms with Crippen molar-refractivity contribution in [2.75, 3.05) is 12.3 Å². The van der Waals surface area contributed by atoms with Crippen LogP contribution in [0.1, 0.15) is 11.1 Å². The van der Waals surface area contributed by atoms with Gasteiger partial charge in [0.05, 0.1) is 22.3 Å². The smallest absolute Gasteiger partial charge is 0.266 e. The van der Waals surface area contributed by atoms with Crippen LogP contribution in [0.4, 0.5) is 0 Å². The van der Waals surface area contributed by atoms with Crippen molar-refractivity contribution < 1.29 is 4.79 Å². The molecule has 0 saturated heterocycles. The number of amides is 1. The summed E-state index contributed by atoms with van der Waals surface area (Å²) in [6, 6.07) is 13.1. The van der Waals surface area contributed by atoms with Crippen molar-refractivity contribution in [3.8, 4) is 5.69 Å². The predicted molar refractivity (Wildman–Crippen MR) is 111 cm³/mol. The summed E-state index contributed by atoms with van der Waals surface area (Å²) in [6.45, 7) is 7.99. The van der Waals surface area contributed by atoms with Crippen LogP contribution in [-0.2, 0) is 4.79 Å². The number of aryl methyl sites for hydroxylation is 1. The number of thioether (sulfide) groups is 1. The molecule has 0 saturated carbocycles. The first-order valence-electron chi connectivity index (χ1n) is 8.61. The van der Waals surface area contributed by atoms with Crippen LogP contribution in [0.5, 0.6) is 0 Å². The van der Waals surface area contributed by atoms with E-state index in [0.717, 1.165) is 16.8 Å². The average molecular weight is 379 g/mol. The maximum absolute atomic E-state index is 13.2. The maximum atomic E-state index is 13.2. The quantitative estimate of drug-likeness (QED) is 0.405. The van der Waals surface area contributed by atoms with E-state index in [2.05, 4.69) is 16.9 Å². The van der Waals surface area contributed by atoms with Crippen LogP contribution in [0.25, 0.3) is 16.6 Å². The molecule has 0 aliphatic heterocycles. The molecule has 0 spiro atoms. The molecular formula is C21H21N3O2S. The van der Waals surface area contributed by atoms with Gasteiger partial charge in [0.1, 0.15) is 0 Å². The van der Waals surface area contributed by atoms with E-state index < -0.39 is 0 Å². The van der Waals surface area contributed by atoms with Crippen LogP contribution in [0.15, 0.2) is 65.1 Å². The van der Waals surface area contributed by atoms with Crippen LogP contribution in [0.2, 0.25) is 0 Å². The Bertz CT molecular complexity index is 1070. The Morgan fingerprint density at radius 3 is 2.78 bits per heavy atom. The van der Waals surface area contributed by atoms with Gasteiger partial charge in [-0.2, -0.15) is 0 Å². The number of aromatic nitrogens is 2. The van der Waals surface area contributed by atoms with Gasteiger partial charge in [-0.1, -0.05) is 42.1 Å². The Morgan fingerprint density at radius 2 is 2.00 bits per heavy atom. The molecule has 0 aliphatic carbocycles. The highest BCUT2D eigenvalue weighted by Crippen LogP contribution is 2.24. The zero-order valence-electron chi connectivity index (χ0n) is 15.4. The molecule has 5 nitrogen and oxygen atoms in total. The van der Waals surface area contributed by atoms with Crippen molar-refractivity contribution in [2.45, 2.75) is 19.0 Å². The normalized spacial score (nSPS) is 10.7. The molecule has 3 aromatic rings. The van der Waals surface area contributed by atoms with E-state index in [-0.39, 0.29) is 17.2 Å². The van der Waals surface area contributed by atoms with E-state index in [0.29, 0.717) is 22.6 Å². The molecule has 1 N–H and O–H groups in total. The minimum atomic E-state index is -0.136. The Hall–Kier alpha value is -2.86. The molecule has 1 aromatic heterocycles. The van der Waals surface area contributed by atoms with E-state index in [4.69, 9.17) is 0 Å². The second kappa shape index (κ2) is 8.22. The molecule has 1 amide bonds. The largest absolute Gasteiger partial charge is 0.352 e. The number of fused-ring (bicyclic) bond motifs is 1. The number of carbonyl (C=O) groups excluding carboxylic acids is 1. The highest BCUT2D eigenvalue weighted by atomic mass is 32.2. The van der Waals surface area contributed by atoms with E-state index in [1.807, 2.05) is 50.2 Å². The number of para-hydroxylation sites is 1. The summed E-state index contributed by atoms with van der Waals surface area (Å²) < 4.78 is 1.61. The maximum Gasteiger partial charge on any atom is 0.266 e. The summed E-state index contributed by atoms with van der Waals surface area (Å²) in [5.74, 6) is 0.0403. The number of rotatable bonds is 6. The molecule has 0 atom stereocenters. The van der Waals surface area contributed by atoms with E-state index in [9.17, 15) is 9.59 Å². The number of nitrogens with zero attached hydrogens (tertiary/aromatic N) is 2. The highest BCUT2D eigenvalue weighted by molar-refractivity contribution is 7.99. The van der Waals surface area contributed by atoms with Crippen molar-refractivity contribution in [1.82, 2.24) is 14.9 Å². The minimum absolute atomic E-state index is 0.130. The Labute approximate surface area is 162 Å². The van der Waals surface area contributed by atoms with Gasteiger partial charge in [-0.25, -0.2) is 4.98 Å². The molecule has 0 bridgehead atoms. The van der Waals surface area contributed by atoms with Gasteiger partial charge in [0.25, 0.3) is 5.56 Å². The Kier molecular flexibility index (Phi) is 5.76. The SMILES string of the molecule is C=CCNC(=O)CSc1nc2ccccc2c(=O)n1-c1cccc(C)c1C. The fourth-order valence-electron chi connectivity index (χ4n) is 2.77. The number of carbonyl (C=O) groups is 1. The van der Waals surface area contributed by atoms with Gasteiger partial charge in [-0.3, -0.25) is 14.2 Å². The van der Waals surface area contributed by atoms with Gasteiger partial charge in [-0.05, 0) is 43.2 Å². The summed E-state index contributed by atoms with van der Waals surface area (Å²) in [5.41, 5.74) is 3.37. The Balaban J connectivity index is 2.13. The van der Waals surface area contributed by atoms with Gasteiger partial charge in [0, 0.05) is 6.54 Å². The first-order valence-corrected chi connectivity index (χ1v) is 9.60. The first kappa shape index (κ1) is 18.9. The fraction of sp³-hybridized carbons (Fsp3) is 0.190. The second-order valence-corrected chi connectivity index (χ2v) is 7.10. The van der Waals surface area contributed by atoms with Gasteiger partial charge in [0.15, 0.2) is 5.16 Å². The standard InChI is InChI=1S/C21H21N3O2S/c1-4-12-22-19(25)13-27-21-23-17-10-6-5-9-16(17)20(26)24(21)18-11-7-8-14(2)15(18)3/h4-11H,1,12-13H2,2-3H3,(H,22,25). The van der Waals surface area contributed by atoms with Crippen LogP contribution in [0, 0.1) is 13.8 Å². The van der Waals surface area contributed by atoms with Crippen LogP contribution < -0.4 is 10.9 Å². The van der Waals surface area contributed by atoms with Gasteiger partial charge in [-0.15, -0.1) is 6.58 Å². The third-order valence-electron chi connectivity index (χ3n) is 4.34. The molecule has 0 fully saturated rings. The average Bonchev–Trinajstić information content (AvgIpc) is 2.67. The lowest BCUT2D eigenvalue weighted by Gasteiger charge is -2.16. The zero-order valence-corrected chi connectivity index (χ0v) is 16.2. The van der Waals surface area contributed by atoms with Crippen LogP contribution >= 0.6 is 11.8 Å². The third-order valence-corrected chi connectivity index (χ3v) is 5.28. The van der Waals surface area contributed by atoms with E-state index in [1.165, 1.54) is 11.8 Å². The molecule has 3 rings (SSSR count). The lowest BCUT2D eigenvalue weighted by molar-refractivity contribution is -0.118. The summed E-state index contributed by atoms with van der Waals surface area (Å²) in [4.78, 5) is 29.9. The van der Waals surface area contributed by atoms with E-state index in [1.54, 1.807) is 16.7 Å². The molecule has 0 unspecified atom stereocenters. The monoisotopic (exact) mass is 379 g/mol. The summed E-state index contributed by atoms with van der Waals surface area (Å²) in [6.07, 6.45) is 1.63. The molecular weight excluding hydrogens is 358 g/mol. The van der Waals surface area contributed by atoms with Crippen molar-refractivity contribution in [2.24, 2.45) is 0 Å². The first-order chi connectivity index (χ1) is 13.0. The third kappa shape index (κ3) is 3.95. The summed E-state index contributed by atoms with van der Waals surface area (Å²) in [5, 5.41) is 3.80. The van der Waals surface area contributed by atoms with Crippen molar-refractivity contribution in [3.63, 3.8) is 0 Å². The van der Waals surface area contributed by atoms with Crippen LogP contribution in [-0.4, -0.2) is 27.8 Å². The minimum Gasteiger partial charge on any atom is -0.352 e. The fourth-order valence-corrected chi connectivity index (χ4v) is 3.60. The van der Waals surface area contributed by atoms with Crippen molar-refractivity contribution in [3.05, 3.63) is 76.6 Å². The zero-order chi connectivity index (χ0) is 19.4. The molecule has 6 heteroatoms. The topological polar surface area (TPSA) is 64.0 Å². The number of benzene rings is 2. The van der Waals surface area contributed by atoms with Gasteiger partial charge in [0.2, 0.25) is 5.91 Å². The lowest BCUT2D eigenvalue weighted by atomic mass is 10.1. The van der Waals surface area contributed by atoms with Crippen molar-refractivity contribution in [1.29, 1.82) is 0 Å².